The maximum Gasteiger partial charge on any atom is 0.338 e. The normalized spacial score (nSPS) is 10.4. The van der Waals surface area contributed by atoms with Crippen molar-refractivity contribution in [1.29, 1.82) is 0 Å². The molecule has 4 heteroatoms. The van der Waals surface area contributed by atoms with Gasteiger partial charge in [0.25, 0.3) is 0 Å². The monoisotopic (exact) mass is 336 g/mol. The van der Waals surface area contributed by atoms with Gasteiger partial charge in [-0.05, 0) is 36.6 Å². The van der Waals surface area contributed by atoms with Gasteiger partial charge in [-0.25, -0.2) is 4.79 Å². The van der Waals surface area contributed by atoms with Crippen LogP contribution in [-0.4, -0.2) is 25.8 Å². The van der Waals surface area contributed by atoms with Crippen LogP contribution in [0, 0.1) is 0 Å². The van der Waals surface area contributed by atoms with Gasteiger partial charge in [-0.1, -0.05) is 42.5 Å². The zero-order valence-electron chi connectivity index (χ0n) is 14.1. The molecule has 0 saturated carbocycles. The van der Waals surface area contributed by atoms with E-state index >= 15 is 0 Å². The summed E-state index contributed by atoms with van der Waals surface area (Å²) in [4.78, 5) is 11.7. The molecule has 0 bridgehead atoms. The van der Waals surface area contributed by atoms with Gasteiger partial charge >= 0.3 is 5.97 Å². The Bertz CT molecular complexity index is 852. The number of carbonyl (C=O) groups excluding carboxylic acids is 1. The van der Waals surface area contributed by atoms with E-state index in [2.05, 4.69) is 12.1 Å². The van der Waals surface area contributed by atoms with Crippen molar-refractivity contribution in [2.75, 3.05) is 19.8 Å². The molecule has 0 fully saturated rings. The molecule has 0 aliphatic carbocycles. The summed E-state index contributed by atoms with van der Waals surface area (Å²) < 4.78 is 16.5. The topological polar surface area (TPSA) is 44.8 Å². The maximum absolute atomic E-state index is 11.7. The number of ether oxygens (including phenoxy) is 3. The van der Waals surface area contributed by atoms with Crippen molar-refractivity contribution >= 4 is 16.7 Å². The zero-order valence-corrected chi connectivity index (χ0v) is 14.1. The molecule has 3 aromatic carbocycles. The van der Waals surface area contributed by atoms with Gasteiger partial charge in [0.15, 0.2) is 0 Å². The lowest BCUT2D eigenvalue weighted by Crippen LogP contribution is -2.10. The third kappa shape index (κ3) is 4.29. The molecular formula is C21H20O4. The molecule has 0 unspecified atom stereocenters. The second-order valence-electron chi connectivity index (χ2n) is 5.42. The molecule has 0 N–H and O–H groups in total. The van der Waals surface area contributed by atoms with Crippen LogP contribution in [-0.2, 0) is 4.74 Å². The average molecular weight is 336 g/mol. The predicted molar refractivity (Wildman–Crippen MR) is 97.3 cm³/mol. The van der Waals surface area contributed by atoms with E-state index in [4.69, 9.17) is 14.2 Å². The number of hydrogen-bond donors (Lipinski definition) is 0. The van der Waals surface area contributed by atoms with Gasteiger partial charge in [0.1, 0.15) is 24.7 Å². The summed E-state index contributed by atoms with van der Waals surface area (Å²) in [5, 5.41) is 2.22. The number of fused-ring (bicyclic) bond motifs is 1. The lowest BCUT2D eigenvalue weighted by Gasteiger charge is -2.11. The summed E-state index contributed by atoms with van der Waals surface area (Å²) >= 11 is 0. The number of rotatable bonds is 7. The fourth-order valence-corrected chi connectivity index (χ4v) is 2.56. The number of esters is 1. The van der Waals surface area contributed by atoms with Crippen molar-refractivity contribution in [2.24, 2.45) is 0 Å². The first-order chi connectivity index (χ1) is 12.3. The van der Waals surface area contributed by atoms with E-state index in [-0.39, 0.29) is 5.97 Å². The summed E-state index contributed by atoms with van der Waals surface area (Å²) in [6.45, 7) is 2.93. The summed E-state index contributed by atoms with van der Waals surface area (Å²) in [7, 11) is 0. The molecule has 0 atom stereocenters. The van der Waals surface area contributed by atoms with E-state index in [1.54, 1.807) is 31.2 Å². The van der Waals surface area contributed by atoms with E-state index in [1.807, 2.05) is 30.3 Å². The van der Waals surface area contributed by atoms with Gasteiger partial charge in [-0.3, -0.25) is 0 Å². The molecule has 25 heavy (non-hydrogen) atoms. The van der Waals surface area contributed by atoms with Crippen LogP contribution in [0.25, 0.3) is 10.8 Å². The molecule has 0 radical (unpaired) electrons. The van der Waals surface area contributed by atoms with Crippen molar-refractivity contribution in [3.63, 3.8) is 0 Å². The molecule has 3 aromatic rings. The van der Waals surface area contributed by atoms with Crippen LogP contribution < -0.4 is 9.47 Å². The van der Waals surface area contributed by atoms with Crippen molar-refractivity contribution in [2.45, 2.75) is 6.92 Å². The standard InChI is InChI=1S/C21H20O4/c1-2-23-21(22)17-9-5-10-18(15-17)24-13-14-25-20-12-6-8-16-7-3-4-11-19(16)20/h3-12,15H,2,13-14H2,1H3. The quantitative estimate of drug-likeness (QED) is 0.471. The van der Waals surface area contributed by atoms with E-state index in [1.165, 1.54) is 0 Å². The van der Waals surface area contributed by atoms with Crippen LogP contribution in [0.2, 0.25) is 0 Å². The lowest BCUT2D eigenvalue weighted by atomic mass is 10.1. The smallest absolute Gasteiger partial charge is 0.338 e. The maximum atomic E-state index is 11.7. The van der Waals surface area contributed by atoms with Gasteiger partial charge in [-0.2, -0.15) is 0 Å². The highest BCUT2D eigenvalue weighted by molar-refractivity contribution is 5.90. The van der Waals surface area contributed by atoms with Crippen molar-refractivity contribution in [3.05, 3.63) is 72.3 Å². The van der Waals surface area contributed by atoms with E-state index < -0.39 is 0 Å². The van der Waals surface area contributed by atoms with Crippen molar-refractivity contribution in [3.8, 4) is 11.5 Å². The number of benzene rings is 3. The Morgan fingerprint density at radius 2 is 1.64 bits per heavy atom. The molecule has 0 spiro atoms. The molecule has 3 rings (SSSR count). The van der Waals surface area contributed by atoms with Gasteiger partial charge in [-0.15, -0.1) is 0 Å². The van der Waals surface area contributed by atoms with Crippen LogP contribution >= 0.6 is 0 Å². The van der Waals surface area contributed by atoms with Crippen LogP contribution in [0.15, 0.2) is 66.7 Å². The van der Waals surface area contributed by atoms with E-state index in [0.717, 1.165) is 16.5 Å². The van der Waals surface area contributed by atoms with Crippen LogP contribution in [0.1, 0.15) is 17.3 Å². The molecule has 0 saturated heterocycles. The fraction of sp³-hybridized carbons (Fsp3) is 0.190. The Hall–Kier alpha value is -3.01. The first-order valence-corrected chi connectivity index (χ1v) is 8.28. The van der Waals surface area contributed by atoms with Crippen molar-refractivity contribution in [1.82, 2.24) is 0 Å². The van der Waals surface area contributed by atoms with E-state index in [0.29, 0.717) is 31.1 Å². The molecule has 0 aromatic heterocycles. The second kappa shape index (κ2) is 8.20. The van der Waals surface area contributed by atoms with Crippen molar-refractivity contribution < 1.29 is 19.0 Å². The van der Waals surface area contributed by atoms with Gasteiger partial charge < -0.3 is 14.2 Å². The highest BCUT2D eigenvalue weighted by Gasteiger charge is 2.07. The average Bonchev–Trinajstić information content (AvgIpc) is 2.66. The van der Waals surface area contributed by atoms with Gasteiger partial charge in [0.2, 0.25) is 0 Å². The highest BCUT2D eigenvalue weighted by atomic mass is 16.5. The third-order valence-corrected chi connectivity index (χ3v) is 3.70. The Morgan fingerprint density at radius 1 is 0.880 bits per heavy atom. The summed E-state index contributed by atoms with van der Waals surface area (Å²) in [6, 6.07) is 21.0. The Kier molecular flexibility index (Phi) is 5.52. The SMILES string of the molecule is CCOC(=O)c1cccc(OCCOc2cccc3ccccc23)c1. The van der Waals surface area contributed by atoms with Crippen LogP contribution in [0.4, 0.5) is 0 Å². The Labute approximate surface area is 146 Å². The summed E-state index contributed by atoms with van der Waals surface area (Å²) in [6.07, 6.45) is 0. The van der Waals surface area contributed by atoms with Crippen LogP contribution in [0.3, 0.4) is 0 Å². The lowest BCUT2D eigenvalue weighted by molar-refractivity contribution is 0.0526. The molecule has 0 aliphatic heterocycles. The summed E-state index contributed by atoms with van der Waals surface area (Å²) in [5.41, 5.74) is 0.481. The minimum atomic E-state index is -0.347. The minimum Gasteiger partial charge on any atom is -0.490 e. The largest absolute Gasteiger partial charge is 0.490 e. The third-order valence-electron chi connectivity index (χ3n) is 3.70. The van der Waals surface area contributed by atoms with Gasteiger partial charge in [0.05, 0.1) is 12.2 Å². The zero-order chi connectivity index (χ0) is 17.5. The Balaban J connectivity index is 1.56. The molecular weight excluding hydrogens is 316 g/mol. The number of carbonyl (C=O) groups is 1. The molecule has 0 amide bonds. The molecule has 4 nitrogen and oxygen atoms in total. The Morgan fingerprint density at radius 3 is 2.52 bits per heavy atom. The number of hydrogen-bond acceptors (Lipinski definition) is 4. The van der Waals surface area contributed by atoms with Gasteiger partial charge in [0, 0.05) is 5.39 Å². The second-order valence-corrected chi connectivity index (χ2v) is 5.42. The van der Waals surface area contributed by atoms with Crippen LogP contribution in [0.5, 0.6) is 11.5 Å². The fourth-order valence-electron chi connectivity index (χ4n) is 2.56. The molecule has 128 valence electrons. The van der Waals surface area contributed by atoms with E-state index in [9.17, 15) is 4.79 Å². The minimum absolute atomic E-state index is 0.347. The first-order valence-electron chi connectivity index (χ1n) is 8.28. The highest BCUT2D eigenvalue weighted by Crippen LogP contribution is 2.25. The first kappa shape index (κ1) is 16.8. The molecule has 0 aliphatic rings. The molecule has 0 heterocycles. The summed E-state index contributed by atoms with van der Waals surface area (Å²) in [5.74, 6) is 1.11. The predicted octanol–water partition coefficient (Wildman–Crippen LogP) is 4.47.